The quantitative estimate of drug-likeness (QED) is 0.135. The van der Waals surface area contributed by atoms with E-state index in [1.807, 2.05) is 60.8 Å². The van der Waals surface area contributed by atoms with Crippen molar-refractivity contribution in [3.05, 3.63) is 112 Å². The molecule has 8 nitrogen and oxygen atoms in total. The molecule has 6 rings (SSSR count). The minimum absolute atomic E-state index is 0.0330. The van der Waals surface area contributed by atoms with Crippen LogP contribution in [0.2, 0.25) is 0 Å². The second kappa shape index (κ2) is 14.2. The molecular weight excluding hydrogens is 620 g/mol. The van der Waals surface area contributed by atoms with Crippen molar-refractivity contribution < 1.29 is 18.9 Å². The van der Waals surface area contributed by atoms with Crippen LogP contribution in [-0.2, 0) is 29.2 Å². The number of hydrogen-bond acceptors (Lipinski definition) is 7. The van der Waals surface area contributed by atoms with Crippen molar-refractivity contribution in [2.75, 3.05) is 26.1 Å². The number of anilines is 1. The Morgan fingerprint density at radius 1 is 0.886 bits per heavy atom. The summed E-state index contributed by atoms with van der Waals surface area (Å²) in [4.78, 5) is 13.4. The van der Waals surface area contributed by atoms with E-state index in [2.05, 4.69) is 50.5 Å². The van der Waals surface area contributed by atoms with Gasteiger partial charge in [0.1, 0.15) is 28.8 Å². The molecular formula is C35H37BrN4O4. The number of hydrogen-bond donors (Lipinski definition) is 2. The minimum Gasteiger partial charge on any atom is -0.497 e. The highest BCUT2D eigenvalue weighted by Gasteiger charge is 2.38. The van der Waals surface area contributed by atoms with Crippen molar-refractivity contribution in [2.24, 2.45) is 5.92 Å². The lowest BCUT2D eigenvalue weighted by Crippen LogP contribution is -2.22. The van der Waals surface area contributed by atoms with E-state index in [-0.39, 0.29) is 17.9 Å². The second-order valence-electron chi connectivity index (χ2n) is 11.1. The van der Waals surface area contributed by atoms with Gasteiger partial charge in [0.2, 0.25) is 0 Å². The zero-order chi connectivity index (χ0) is 30.3. The standard InChI is InChI=1S/C35H37BrN4O4/c1-41-28-14-13-25(30(17-28)42-2)18-37-34-32-29(36)19-38-35(32)40-33(39-34)26-15-27(22-43-20-23-9-5-3-6-10-23)31(16-26)44-21-24-11-7-4-8-12-24/h3-14,17,19,26-27,31H,15-16,18,20-22H2,1-2H3,(H2,37,38,39,40)/t26-,27-,31+/m1/s1. The van der Waals surface area contributed by atoms with Crippen LogP contribution in [0.15, 0.2) is 89.5 Å². The summed E-state index contributed by atoms with van der Waals surface area (Å²) >= 11 is 3.68. The first-order chi connectivity index (χ1) is 21.6. The molecule has 3 atom stereocenters. The van der Waals surface area contributed by atoms with E-state index in [1.165, 1.54) is 5.56 Å². The van der Waals surface area contributed by atoms with Gasteiger partial charge >= 0.3 is 0 Å². The highest BCUT2D eigenvalue weighted by molar-refractivity contribution is 9.10. The number of aromatic amines is 1. The molecule has 0 radical (unpaired) electrons. The first-order valence-corrected chi connectivity index (χ1v) is 15.7. The number of benzene rings is 3. The van der Waals surface area contributed by atoms with Gasteiger partial charge in [-0.1, -0.05) is 60.7 Å². The van der Waals surface area contributed by atoms with E-state index >= 15 is 0 Å². The Labute approximate surface area is 266 Å². The molecule has 0 bridgehead atoms. The fraction of sp³-hybridized carbons (Fsp3) is 0.314. The van der Waals surface area contributed by atoms with Crippen molar-refractivity contribution in [2.45, 2.75) is 44.6 Å². The first-order valence-electron chi connectivity index (χ1n) is 14.9. The molecule has 228 valence electrons. The minimum atomic E-state index is 0.0330. The lowest BCUT2D eigenvalue weighted by molar-refractivity contribution is -0.0189. The van der Waals surface area contributed by atoms with E-state index in [0.717, 1.165) is 62.6 Å². The van der Waals surface area contributed by atoms with Gasteiger partial charge in [-0.15, -0.1) is 0 Å². The molecule has 5 aromatic rings. The summed E-state index contributed by atoms with van der Waals surface area (Å²) in [7, 11) is 3.31. The molecule has 1 aliphatic carbocycles. The number of rotatable bonds is 13. The van der Waals surface area contributed by atoms with Gasteiger partial charge in [0.25, 0.3) is 0 Å². The number of halogens is 1. The van der Waals surface area contributed by atoms with Crippen LogP contribution in [0.5, 0.6) is 11.5 Å². The van der Waals surface area contributed by atoms with Crippen molar-refractivity contribution in [1.82, 2.24) is 15.0 Å². The molecule has 0 spiro atoms. The molecule has 3 aromatic carbocycles. The molecule has 44 heavy (non-hydrogen) atoms. The fourth-order valence-electron chi connectivity index (χ4n) is 5.86. The Hall–Kier alpha value is -3.92. The van der Waals surface area contributed by atoms with Crippen LogP contribution in [0.25, 0.3) is 11.0 Å². The normalized spacial score (nSPS) is 18.0. The zero-order valence-corrected chi connectivity index (χ0v) is 26.5. The Morgan fingerprint density at radius 3 is 2.36 bits per heavy atom. The van der Waals surface area contributed by atoms with Gasteiger partial charge in [0.15, 0.2) is 0 Å². The largest absolute Gasteiger partial charge is 0.497 e. The van der Waals surface area contributed by atoms with Crippen molar-refractivity contribution in [1.29, 1.82) is 0 Å². The molecule has 9 heteroatoms. The van der Waals surface area contributed by atoms with Gasteiger partial charge in [-0.3, -0.25) is 0 Å². The van der Waals surface area contributed by atoms with Gasteiger partial charge < -0.3 is 29.2 Å². The van der Waals surface area contributed by atoms with Crippen molar-refractivity contribution in [3.8, 4) is 11.5 Å². The molecule has 0 unspecified atom stereocenters. The van der Waals surface area contributed by atoms with E-state index in [0.29, 0.717) is 26.4 Å². The maximum absolute atomic E-state index is 6.54. The fourth-order valence-corrected chi connectivity index (χ4v) is 6.35. The molecule has 0 aliphatic heterocycles. The number of methoxy groups -OCH3 is 2. The van der Waals surface area contributed by atoms with Gasteiger partial charge in [-0.05, 0) is 52.0 Å². The van der Waals surface area contributed by atoms with Crippen LogP contribution in [0.3, 0.4) is 0 Å². The summed E-state index contributed by atoms with van der Waals surface area (Å²) in [5.74, 6) is 3.42. The topological polar surface area (TPSA) is 90.5 Å². The molecule has 2 aromatic heterocycles. The smallest absolute Gasteiger partial charge is 0.144 e. The van der Waals surface area contributed by atoms with E-state index in [1.54, 1.807) is 14.2 Å². The maximum Gasteiger partial charge on any atom is 0.144 e. The first kappa shape index (κ1) is 30.1. The number of nitrogens with one attached hydrogen (secondary N) is 2. The lowest BCUT2D eigenvalue weighted by Gasteiger charge is -2.20. The third kappa shape index (κ3) is 7.07. The van der Waals surface area contributed by atoms with Gasteiger partial charge in [-0.2, -0.15) is 0 Å². The third-order valence-electron chi connectivity index (χ3n) is 8.19. The predicted molar refractivity (Wildman–Crippen MR) is 175 cm³/mol. The monoisotopic (exact) mass is 656 g/mol. The number of fused-ring (bicyclic) bond motifs is 1. The maximum atomic E-state index is 6.54. The average Bonchev–Trinajstić information content (AvgIpc) is 3.66. The Morgan fingerprint density at radius 2 is 1.64 bits per heavy atom. The second-order valence-corrected chi connectivity index (χ2v) is 11.9. The summed E-state index contributed by atoms with van der Waals surface area (Å²) in [6.07, 6.45) is 3.65. The van der Waals surface area contributed by atoms with Crippen LogP contribution in [0, 0.1) is 5.92 Å². The molecule has 2 heterocycles. The van der Waals surface area contributed by atoms with Crippen molar-refractivity contribution >= 4 is 32.8 Å². The lowest BCUT2D eigenvalue weighted by atomic mass is 10.0. The van der Waals surface area contributed by atoms with Crippen molar-refractivity contribution in [3.63, 3.8) is 0 Å². The summed E-state index contributed by atoms with van der Waals surface area (Å²) in [6, 6.07) is 26.4. The van der Waals surface area contributed by atoms with Crippen LogP contribution in [-0.4, -0.2) is 41.9 Å². The molecule has 1 aliphatic rings. The van der Waals surface area contributed by atoms with Crippen LogP contribution in [0.4, 0.5) is 5.82 Å². The average molecular weight is 658 g/mol. The summed E-state index contributed by atoms with van der Waals surface area (Å²) in [5.41, 5.74) is 4.11. The number of nitrogens with zero attached hydrogens (tertiary/aromatic N) is 2. The third-order valence-corrected chi connectivity index (χ3v) is 8.81. The number of ether oxygens (including phenoxy) is 4. The number of aromatic nitrogens is 3. The highest BCUT2D eigenvalue weighted by atomic mass is 79.9. The van der Waals surface area contributed by atoms with E-state index < -0.39 is 0 Å². The number of H-pyrrole nitrogens is 1. The Bertz CT molecular complexity index is 1660. The summed E-state index contributed by atoms with van der Waals surface area (Å²) < 4.78 is 24.7. The van der Waals surface area contributed by atoms with Gasteiger partial charge in [0, 0.05) is 40.7 Å². The zero-order valence-electron chi connectivity index (χ0n) is 25.0. The molecule has 0 saturated heterocycles. The van der Waals surface area contributed by atoms with Gasteiger partial charge in [-0.25, -0.2) is 9.97 Å². The van der Waals surface area contributed by atoms with Crippen LogP contribution < -0.4 is 14.8 Å². The van der Waals surface area contributed by atoms with Gasteiger partial charge in [0.05, 0.1) is 45.5 Å². The highest BCUT2D eigenvalue weighted by Crippen LogP contribution is 2.41. The summed E-state index contributed by atoms with van der Waals surface area (Å²) in [6.45, 7) is 2.28. The molecule has 1 fully saturated rings. The Balaban J connectivity index is 1.22. The van der Waals surface area contributed by atoms with E-state index in [9.17, 15) is 0 Å². The molecule has 2 N–H and O–H groups in total. The van der Waals surface area contributed by atoms with Crippen LogP contribution in [0.1, 0.15) is 41.3 Å². The van der Waals surface area contributed by atoms with E-state index in [4.69, 9.17) is 28.9 Å². The Kier molecular flexibility index (Phi) is 9.75. The molecule has 1 saturated carbocycles. The predicted octanol–water partition coefficient (Wildman–Crippen LogP) is 7.65. The van der Waals surface area contributed by atoms with Crippen LogP contribution >= 0.6 is 15.9 Å². The SMILES string of the molecule is COc1ccc(CNc2nc([C@@H]3C[C@H](COCc4ccccc4)[C@@H](OCc4ccccc4)C3)nc3[nH]cc(Br)c23)c(OC)c1. The summed E-state index contributed by atoms with van der Waals surface area (Å²) in [5, 5.41) is 4.47. The molecule has 0 amide bonds.